The summed E-state index contributed by atoms with van der Waals surface area (Å²) < 4.78 is 5.67. The summed E-state index contributed by atoms with van der Waals surface area (Å²) in [4.78, 5) is 2.41. The predicted octanol–water partition coefficient (Wildman–Crippen LogP) is 1.20. The van der Waals surface area contributed by atoms with E-state index in [9.17, 15) is 0 Å². The van der Waals surface area contributed by atoms with Crippen LogP contribution in [-0.2, 0) is 0 Å². The first-order valence-electron chi connectivity index (χ1n) is 5.87. The van der Waals surface area contributed by atoms with Gasteiger partial charge in [-0.1, -0.05) is 18.2 Å². The molecule has 0 saturated carbocycles. The summed E-state index contributed by atoms with van der Waals surface area (Å²) in [5.41, 5.74) is 7.39. The van der Waals surface area contributed by atoms with Gasteiger partial charge in [0.15, 0.2) is 0 Å². The number of benzene rings is 1. The first-order chi connectivity index (χ1) is 7.64. The van der Waals surface area contributed by atoms with E-state index in [2.05, 4.69) is 30.0 Å². The molecule has 1 aromatic carbocycles. The molecular weight excluding hydrogens is 200 g/mol. The lowest BCUT2D eigenvalue weighted by Gasteiger charge is -2.46. The van der Waals surface area contributed by atoms with Crippen LogP contribution < -0.4 is 10.5 Å². The quantitative estimate of drug-likeness (QED) is 0.810. The molecule has 1 saturated heterocycles. The third kappa shape index (κ3) is 1.70. The highest BCUT2D eigenvalue weighted by Gasteiger charge is 2.37. The minimum absolute atomic E-state index is 0.0268. The average Bonchev–Trinajstić information content (AvgIpc) is 2.59. The summed E-state index contributed by atoms with van der Waals surface area (Å²) in [6, 6.07) is 8.35. The summed E-state index contributed by atoms with van der Waals surface area (Å²) in [6.07, 6.45) is 0. The van der Waals surface area contributed by atoms with E-state index in [1.807, 2.05) is 6.07 Å². The van der Waals surface area contributed by atoms with Gasteiger partial charge in [0.05, 0.1) is 6.61 Å². The molecule has 1 atom stereocenters. The maximum atomic E-state index is 6.01. The fourth-order valence-corrected chi connectivity index (χ4v) is 2.80. The second-order valence-electron chi connectivity index (χ2n) is 5.37. The molecule has 0 amide bonds. The van der Waals surface area contributed by atoms with Crippen molar-refractivity contribution in [2.24, 2.45) is 5.73 Å². The van der Waals surface area contributed by atoms with Crippen molar-refractivity contribution < 1.29 is 4.74 Å². The Morgan fingerprint density at radius 1 is 1.44 bits per heavy atom. The largest absolute Gasteiger partial charge is 0.493 e. The Morgan fingerprint density at radius 2 is 2.19 bits per heavy atom. The molecule has 1 fully saturated rings. The Balaban J connectivity index is 1.66. The molecule has 0 radical (unpaired) electrons. The van der Waals surface area contributed by atoms with Crippen molar-refractivity contribution in [1.29, 1.82) is 0 Å². The first-order valence-corrected chi connectivity index (χ1v) is 5.87. The fraction of sp³-hybridized carbons (Fsp3) is 0.538. The van der Waals surface area contributed by atoms with Gasteiger partial charge in [0.25, 0.3) is 0 Å². The van der Waals surface area contributed by atoms with Crippen LogP contribution in [0.15, 0.2) is 24.3 Å². The molecule has 2 N–H and O–H groups in total. The number of rotatable bonds is 2. The van der Waals surface area contributed by atoms with Crippen LogP contribution in [0.4, 0.5) is 0 Å². The molecule has 2 heterocycles. The summed E-state index contributed by atoms with van der Waals surface area (Å²) in [5, 5.41) is 0. The van der Waals surface area contributed by atoms with Crippen LogP contribution in [0.5, 0.6) is 5.75 Å². The Kier molecular flexibility index (Phi) is 2.19. The van der Waals surface area contributed by atoms with Crippen LogP contribution in [0.2, 0.25) is 0 Å². The number of nitrogens with zero attached hydrogens (tertiary/aromatic N) is 1. The minimum Gasteiger partial charge on any atom is -0.493 e. The van der Waals surface area contributed by atoms with Gasteiger partial charge in [-0.25, -0.2) is 0 Å². The highest BCUT2D eigenvalue weighted by Crippen LogP contribution is 2.35. The Labute approximate surface area is 96.2 Å². The zero-order valence-corrected chi connectivity index (χ0v) is 9.65. The number of hydrogen-bond donors (Lipinski definition) is 1. The molecule has 0 aromatic heterocycles. The van der Waals surface area contributed by atoms with E-state index >= 15 is 0 Å². The van der Waals surface area contributed by atoms with Gasteiger partial charge in [-0.2, -0.15) is 0 Å². The number of hydrogen-bond acceptors (Lipinski definition) is 3. The molecule has 1 unspecified atom stereocenters. The molecule has 16 heavy (non-hydrogen) atoms. The van der Waals surface area contributed by atoms with Crippen molar-refractivity contribution in [3.63, 3.8) is 0 Å². The van der Waals surface area contributed by atoms with Crippen LogP contribution in [0.3, 0.4) is 0 Å². The fourth-order valence-electron chi connectivity index (χ4n) is 2.80. The van der Waals surface area contributed by atoms with E-state index in [1.165, 1.54) is 5.56 Å². The lowest BCUT2D eigenvalue weighted by Crippen LogP contribution is -2.65. The van der Waals surface area contributed by atoms with Crippen molar-refractivity contribution in [2.45, 2.75) is 18.4 Å². The first kappa shape index (κ1) is 10.1. The smallest absolute Gasteiger partial charge is 0.122 e. The summed E-state index contributed by atoms with van der Waals surface area (Å²) in [5.74, 6) is 1.58. The molecular formula is C13H18N2O. The van der Waals surface area contributed by atoms with Crippen molar-refractivity contribution in [1.82, 2.24) is 4.90 Å². The van der Waals surface area contributed by atoms with Gasteiger partial charge in [0.1, 0.15) is 5.75 Å². The highest BCUT2D eigenvalue weighted by molar-refractivity contribution is 5.39. The van der Waals surface area contributed by atoms with E-state index in [-0.39, 0.29) is 5.54 Å². The normalized spacial score (nSPS) is 27.0. The van der Waals surface area contributed by atoms with Gasteiger partial charge in [0.2, 0.25) is 0 Å². The van der Waals surface area contributed by atoms with Crippen molar-refractivity contribution in [3.8, 4) is 5.75 Å². The molecule has 86 valence electrons. The third-order valence-electron chi connectivity index (χ3n) is 3.45. The monoisotopic (exact) mass is 218 g/mol. The number of para-hydroxylation sites is 1. The summed E-state index contributed by atoms with van der Waals surface area (Å²) >= 11 is 0. The standard InChI is InChI=1S/C13H18N2O/c1-13(14)8-15(9-13)6-10-7-16-12-5-3-2-4-11(10)12/h2-5,10H,6-9,14H2,1H3. The molecule has 0 aliphatic carbocycles. The molecule has 0 bridgehead atoms. The van der Waals surface area contributed by atoms with E-state index in [0.717, 1.165) is 32.0 Å². The molecule has 0 spiro atoms. The van der Waals surface area contributed by atoms with Gasteiger partial charge in [0, 0.05) is 36.7 Å². The second kappa shape index (κ2) is 3.47. The van der Waals surface area contributed by atoms with Gasteiger partial charge in [-0.05, 0) is 13.0 Å². The number of likely N-dealkylation sites (tertiary alicyclic amines) is 1. The Morgan fingerprint density at radius 3 is 2.94 bits per heavy atom. The van der Waals surface area contributed by atoms with E-state index in [0.29, 0.717) is 5.92 Å². The zero-order valence-electron chi connectivity index (χ0n) is 9.65. The third-order valence-corrected chi connectivity index (χ3v) is 3.45. The second-order valence-corrected chi connectivity index (χ2v) is 5.37. The van der Waals surface area contributed by atoms with Crippen LogP contribution >= 0.6 is 0 Å². The van der Waals surface area contributed by atoms with Crippen LogP contribution in [0.1, 0.15) is 18.4 Å². The van der Waals surface area contributed by atoms with Gasteiger partial charge in [-0.3, -0.25) is 4.90 Å². The lowest BCUT2D eigenvalue weighted by molar-refractivity contribution is 0.0743. The maximum Gasteiger partial charge on any atom is 0.122 e. The van der Waals surface area contributed by atoms with Gasteiger partial charge in [-0.15, -0.1) is 0 Å². The predicted molar refractivity (Wildman–Crippen MR) is 63.7 cm³/mol. The molecule has 3 heteroatoms. The van der Waals surface area contributed by atoms with Crippen molar-refractivity contribution in [3.05, 3.63) is 29.8 Å². The average molecular weight is 218 g/mol. The van der Waals surface area contributed by atoms with Crippen molar-refractivity contribution in [2.75, 3.05) is 26.2 Å². The molecule has 3 rings (SSSR count). The summed E-state index contributed by atoms with van der Waals surface area (Å²) in [6.45, 7) is 6.01. The number of fused-ring (bicyclic) bond motifs is 1. The number of ether oxygens (including phenoxy) is 1. The van der Waals surface area contributed by atoms with Gasteiger partial charge < -0.3 is 10.5 Å². The Bertz CT molecular complexity index is 395. The highest BCUT2D eigenvalue weighted by atomic mass is 16.5. The molecule has 1 aromatic rings. The lowest BCUT2D eigenvalue weighted by atomic mass is 9.91. The van der Waals surface area contributed by atoms with Crippen LogP contribution in [-0.4, -0.2) is 36.7 Å². The zero-order chi connectivity index (χ0) is 11.2. The topological polar surface area (TPSA) is 38.5 Å². The minimum atomic E-state index is 0.0268. The number of nitrogens with two attached hydrogens (primary N) is 1. The SMILES string of the molecule is CC1(N)CN(CC2COc3ccccc32)C1. The van der Waals surface area contributed by atoms with E-state index in [4.69, 9.17) is 10.5 Å². The molecule has 3 nitrogen and oxygen atoms in total. The maximum absolute atomic E-state index is 6.01. The van der Waals surface area contributed by atoms with E-state index in [1.54, 1.807) is 0 Å². The van der Waals surface area contributed by atoms with Gasteiger partial charge >= 0.3 is 0 Å². The van der Waals surface area contributed by atoms with Crippen molar-refractivity contribution >= 4 is 0 Å². The Hall–Kier alpha value is -1.06. The summed E-state index contributed by atoms with van der Waals surface area (Å²) in [7, 11) is 0. The van der Waals surface area contributed by atoms with Crippen LogP contribution in [0, 0.1) is 0 Å². The molecule has 2 aliphatic rings. The van der Waals surface area contributed by atoms with Crippen LogP contribution in [0.25, 0.3) is 0 Å². The van der Waals surface area contributed by atoms with E-state index < -0.39 is 0 Å². The molecule has 2 aliphatic heterocycles.